The highest BCUT2D eigenvalue weighted by molar-refractivity contribution is 6.04. The zero-order valence-corrected chi connectivity index (χ0v) is 16.3. The van der Waals surface area contributed by atoms with Gasteiger partial charge >= 0.3 is 5.97 Å². The highest BCUT2D eigenvalue weighted by atomic mass is 19.1. The maximum Gasteiger partial charge on any atom is 0.339 e. The number of aromatic nitrogens is 1. The molecule has 0 saturated carbocycles. The minimum atomic E-state index is -1.18. The Balaban J connectivity index is 1.73. The number of ether oxygens (including phenoxy) is 3. The number of hydrogen-bond acceptors (Lipinski definition) is 5. The Morgan fingerprint density at radius 2 is 2.03 bits per heavy atom. The van der Waals surface area contributed by atoms with Crippen molar-refractivity contribution in [1.29, 1.82) is 0 Å². The molecule has 3 aromatic rings. The van der Waals surface area contributed by atoms with Gasteiger partial charge in [-0.05, 0) is 42.0 Å². The number of benzene rings is 2. The van der Waals surface area contributed by atoms with Gasteiger partial charge in [-0.3, -0.25) is 4.79 Å². The van der Waals surface area contributed by atoms with Crippen LogP contribution in [0.2, 0.25) is 0 Å². The Labute approximate surface area is 175 Å². The maximum atomic E-state index is 13.5. The van der Waals surface area contributed by atoms with E-state index in [0.29, 0.717) is 34.2 Å². The fourth-order valence-corrected chi connectivity index (χ4v) is 4.07. The molecule has 2 N–H and O–H groups in total. The third kappa shape index (κ3) is 3.05. The second kappa shape index (κ2) is 7.05. The number of methoxy groups -OCH3 is 1. The molecule has 31 heavy (non-hydrogen) atoms. The molecule has 0 saturated heterocycles. The lowest BCUT2D eigenvalue weighted by molar-refractivity contribution is -0.116. The van der Waals surface area contributed by atoms with Gasteiger partial charge in [0.15, 0.2) is 11.5 Å². The molecule has 158 valence electrons. The summed E-state index contributed by atoms with van der Waals surface area (Å²) in [6.07, 6.45) is 1.52. The first-order valence-corrected chi connectivity index (χ1v) is 9.48. The van der Waals surface area contributed by atoms with E-state index < -0.39 is 17.7 Å². The number of aromatic carboxylic acids is 1. The molecule has 1 aromatic heterocycles. The molecule has 1 atom stereocenters. The van der Waals surface area contributed by atoms with Crippen LogP contribution in [0.25, 0.3) is 5.69 Å². The number of carboxylic acids is 1. The fraction of sp³-hybridized carbons (Fsp3) is 0.182. The summed E-state index contributed by atoms with van der Waals surface area (Å²) in [5, 5.41) is 12.4. The Bertz CT molecular complexity index is 1220. The van der Waals surface area contributed by atoms with Gasteiger partial charge in [-0.15, -0.1) is 0 Å². The molecule has 3 heterocycles. The number of nitrogens with one attached hydrogen (secondary N) is 1. The fourth-order valence-electron chi connectivity index (χ4n) is 4.07. The van der Waals surface area contributed by atoms with Crippen molar-refractivity contribution < 1.29 is 33.3 Å². The van der Waals surface area contributed by atoms with Crippen LogP contribution in [0.4, 0.5) is 10.1 Å². The standard InChI is InChI=1S/C22H17FN2O6/c1-29-16-6-11(7-17-21(16)31-10-30-17)14-8-18(26)24-19-15(22(27)28)9-25(20(14)19)13-4-2-12(23)3-5-13/h2-7,9,14H,8,10H2,1H3,(H,24,26)(H,27,28)/t14-/m0/s1. The van der Waals surface area contributed by atoms with Gasteiger partial charge in [0.1, 0.15) is 11.4 Å². The van der Waals surface area contributed by atoms with Gasteiger partial charge in [-0.2, -0.15) is 0 Å². The predicted molar refractivity (Wildman–Crippen MR) is 107 cm³/mol. The first-order valence-electron chi connectivity index (χ1n) is 9.48. The van der Waals surface area contributed by atoms with E-state index in [0.717, 1.165) is 0 Å². The van der Waals surface area contributed by atoms with Crippen LogP contribution in [0.15, 0.2) is 42.6 Å². The number of fused-ring (bicyclic) bond motifs is 2. The number of hydrogen-bond donors (Lipinski definition) is 2. The third-order valence-electron chi connectivity index (χ3n) is 5.45. The molecule has 1 amide bonds. The largest absolute Gasteiger partial charge is 0.493 e. The Kier molecular flexibility index (Phi) is 4.32. The number of anilines is 1. The van der Waals surface area contributed by atoms with E-state index in [1.807, 2.05) is 0 Å². The molecular formula is C22H17FN2O6. The number of nitrogens with zero attached hydrogens (tertiary/aromatic N) is 1. The summed E-state index contributed by atoms with van der Waals surface area (Å²) >= 11 is 0. The average Bonchev–Trinajstić information content (AvgIpc) is 3.37. The van der Waals surface area contributed by atoms with Crippen molar-refractivity contribution in [3.05, 3.63) is 65.2 Å². The number of carbonyl (C=O) groups is 2. The molecule has 0 radical (unpaired) electrons. The lowest BCUT2D eigenvalue weighted by Crippen LogP contribution is -2.25. The Morgan fingerprint density at radius 3 is 2.74 bits per heavy atom. The number of amides is 1. The minimum Gasteiger partial charge on any atom is -0.493 e. The van der Waals surface area contributed by atoms with Crippen molar-refractivity contribution in [2.24, 2.45) is 0 Å². The van der Waals surface area contributed by atoms with Gasteiger partial charge in [-0.25, -0.2) is 9.18 Å². The van der Waals surface area contributed by atoms with Crippen LogP contribution in [0.5, 0.6) is 17.2 Å². The minimum absolute atomic E-state index is 0.0508. The van der Waals surface area contributed by atoms with Gasteiger partial charge in [-0.1, -0.05) is 0 Å². The molecule has 2 aliphatic heterocycles. The molecular weight excluding hydrogens is 407 g/mol. The summed E-state index contributed by atoms with van der Waals surface area (Å²) < 4.78 is 31.5. The normalized spacial score (nSPS) is 16.6. The Morgan fingerprint density at radius 1 is 1.26 bits per heavy atom. The molecule has 5 rings (SSSR count). The van der Waals surface area contributed by atoms with Crippen molar-refractivity contribution in [1.82, 2.24) is 4.57 Å². The summed E-state index contributed by atoms with van der Waals surface area (Å²) in [6, 6.07) is 9.21. The van der Waals surface area contributed by atoms with Crippen LogP contribution < -0.4 is 19.5 Å². The molecule has 2 aliphatic rings. The summed E-state index contributed by atoms with van der Waals surface area (Å²) in [4.78, 5) is 24.4. The van der Waals surface area contributed by atoms with Crippen molar-refractivity contribution in [2.45, 2.75) is 12.3 Å². The van der Waals surface area contributed by atoms with E-state index in [9.17, 15) is 19.1 Å². The van der Waals surface area contributed by atoms with Crippen molar-refractivity contribution in [3.8, 4) is 22.9 Å². The van der Waals surface area contributed by atoms with E-state index in [4.69, 9.17) is 14.2 Å². The monoisotopic (exact) mass is 424 g/mol. The van der Waals surface area contributed by atoms with Gasteiger partial charge in [0.25, 0.3) is 0 Å². The van der Waals surface area contributed by atoms with Gasteiger partial charge < -0.3 is 29.2 Å². The van der Waals surface area contributed by atoms with E-state index >= 15 is 0 Å². The summed E-state index contributed by atoms with van der Waals surface area (Å²) in [6.45, 7) is 0.0562. The van der Waals surface area contributed by atoms with Crippen LogP contribution in [0, 0.1) is 5.82 Å². The van der Waals surface area contributed by atoms with Crippen LogP contribution in [0.3, 0.4) is 0 Å². The van der Waals surface area contributed by atoms with E-state index in [1.54, 1.807) is 28.8 Å². The lowest BCUT2D eigenvalue weighted by Gasteiger charge is -2.26. The number of halogens is 1. The number of rotatable bonds is 4. The second-order valence-corrected chi connectivity index (χ2v) is 7.22. The van der Waals surface area contributed by atoms with Crippen molar-refractivity contribution in [3.63, 3.8) is 0 Å². The first kappa shape index (κ1) is 19.0. The highest BCUT2D eigenvalue weighted by Crippen LogP contribution is 2.47. The van der Waals surface area contributed by atoms with Crippen LogP contribution in [0.1, 0.15) is 34.0 Å². The molecule has 8 nitrogen and oxygen atoms in total. The zero-order chi connectivity index (χ0) is 21.7. The highest BCUT2D eigenvalue weighted by Gasteiger charge is 2.36. The predicted octanol–water partition coefficient (Wildman–Crippen LogP) is 3.53. The summed E-state index contributed by atoms with van der Waals surface area (Å²) in [5.74, 6) is -0.975. The smallest absolute Gasteiger partial charge is 0.339 e. The Hall–Kier alpha value is -4.01. The van der Waals surface area contributed by atoms with Gasteiger partial charge in [0.05, 0.1) is 18.5 Å². The lowest BCUT2D eigenvalue weighted by atomic mass is 9.87. The molecule has 0 fully saturated rings. The second-order valence-electron chi connectivity index (χ2n) is 7.22. The molecule has 0 bridgehead atoms. The molecule has 0 unspecified atom stereocenters. The number of carboxylic acid groups (broad SMARTS) is 1. The molecule has 0 aliphatic carbocycles. The SMILES string of the molecule is COc1cc([C@@H]2CC(=O)Nc3c(C(=O)O)cn(-c4ccc(F)cc4)c32)cc2c1OCO2. The van der Waals surface area contributed by atoms with Gasteiger partial charge in [0, 0.05) is 24.2 Å². The molecule has 9 heteroatoms. The molecule has 2 aromatic carbocycles. The number of carbonyl (C=O) groups excluding carboxylic acids is 1. The zero-order valence-electron chi connectivity index (χ0n) is 16.3. The maximum absolute atomic E-state index is 13.5. The van der Waals surface area contributed by atoms with Crippen LogP contribution >= 0.6 is 0 Å². The van der Waals surface area contributed by atoms with Crippen LogP contribution in [-0.2, 0) is 4.79 Å². The van der Waals surface area contributed by atoms with Crippen molar-refractivity contribution >= 4 is 17.6 Å². The quantitative estimate of drug-likeness (QED) is 0.665. The summed E-state index contributed by atoms with van der Waals surface area (Å²) in [7, 11) is 1.50. The first-order chi connectivity index (χ1) is 15.0. The third-order valence-corrected chi connectivity index (χ3v) is 5.45. The average molecular weight is 424 g/mol. The topological polar surface area (TPSA) is 99.0 Å². The van der Waals surface area contributed by atoms with E-state index in [1.165, 1.54) is 25.4 Å². The van der Waals surface area contributed by atoms with Gasteiger partial charge in [0.2, 0.25) is 18.4 Å². The summed E-state index contributed by atoms with van der Waals surface area (Å²) in [5.41, 5.74) is 2.01. The van der Waals surface area contributed by atoms with E-state index in [2.05, 4.69) is 5.32 Å². The van der Waals surface area contributed by atoms with Crippen LogP contribution in [-0.4, -0.2) is 35.5 Å². The van der Waals surface area contributed by atoms with Crippen molar-refractivity contribution in [2.75, 3.05) is 19.2 Å². The van der Waals surface area contributed by atoms with E-state index in [-0.39, 0.29) is 30.4 Å². The molecule has 0 spiro atoms.